The van der Waals surface area contributed by atoms with E-state index < -0.39 is 62.5 Å². The number of carbonyl (C=O) groups excluding carboxylic acids is 1. The molecule has 0 radical (unpaired) electrons. The van der Waals surface area contributed by atoms with E-state index >= 15 is 0 Å². The van der Waals surface area contributed by atoms with Gasteiger partial charge in [0.15, 0.2) is 0 Å². The standard InChI is InChI=1S/C23H32N3O8PS/c1-13(2)32-22(28)16(5)25-35(30,34-17-9-7-6-8-10-17)31-12-18-19(27)15(4)21(33-18)26-11-14(3)20(36)24-23(26)29/h6-11,13,15-16,18-19,21,27H,12H2,1-5H3,(H,25,30)(H,24,29,36)/t15-,16+,18+,19?,21+,35?/m1/s1/i12D2. The van der Waals surface area contributed by atoms with E-state index in [9.17, 15) is 19.3 Å². The van der Waals surface area contributed by atoms with Crippen molar-refractivity contribution in [3.8, 4) is 5.75 Å². The van der Waals surface area contributed by atoms with Crippen molar-refractivity contribution in [3.05, 3.63) is 57.2 Å². The van der Waals surface area contributed by atoms with Gasteiger partial charge in [0.05, 0.1) is 21.5 Å². The van der Waals surface area contributed by atoms with Crippen molar-refractivity contribution >= 4 is 25.9 Å². The first kappa shape index (κ1) is 25.3. The van der Waals surface area contributed by atoms with Crippen molar-refractivity contribution in [2.75, 3.05) is 6.56 Å². The van der Waals surface area contributed by atoms with Gasteiger partial charge >= 0.3 is 19.4 Å². The van der Waals surface area contributed by atoms with Crippen LogP contribution in [0.25, 0.3) is 0 Å². The average molecular weight is 544 g/mol. The predicted molar refractivity (Wildman–Crippen MR) is 134 cm³/mol. The number of aromatic nitrogens is 2. The Hall–Kier alpha value is -2.34. The molecule has 1 aromatic carbocycles. The zero-order valence-corrected chi connectivity index (χ0v) is 22.2. The minimum Gasteiger partial charge on any atom is -0.462 e. The number of aromatic amines is 1. The third-order valence-corrected chi connectivity index (χ3v) is 7.24. The maximum absolute atomic E-state index is 13.8. The fraction of sp³-hybridized carbons (Fsp3) is 0.522. The highest BCUT2D eigenvalue weighted by Gasteiger charge is 2.44. The number of rotatable bonds is 10. The molecule has 36 heavy (non-hydrogen) atoms. The van der Waals surface area contributed by atoms with Crippen molar-refractivity contribution in [1.29, 1.82) is 0 Å². The summed E-state index contributed by atoms with van der Waals surface area (Å²) in [6.45, 7) is 4.97. The molecule has 11 nitrogen and oxygen atoms in total. The molecule has 1 aliphatic rings. The Bertz CT molecular complexity index is 1310. The lowest BCUT2D eigenvalue weighted by atomic mass is 10.0. The smallest absolute Gasteiger partial charge is 0.459 e. The van der Waals surface area contributed by atoms with Crippen molar-refractivity contribution in [1.82, 2.24) is 14.6 Å². The molecule has 198 valence electrons. The lowest BCUT2D eigenvalue weighted by molar-refractivity contribution is -0.149. The Morgan fingerprint density at radius 1 is 1.36 bits per heavy atom. The number of H-pyrrole nitrogens is 1. The number of hydrogen-bond donors (Lipinski definition) is 3. The molecule has 0 amide bonds. The molecule has 3 rings (SSSR count). The molecular formula is C23H32N3O8PS. The molecule has 0 spiro atoms. The molecule has 0 aliphatic carbocycles. The molecule has 3 N–H and O–H groups in total. The second-order valence-corrected chi connectivity index (χ2v) is 10.7. The van der Waals surface area contributed by atoms with Crippen LogP contribution in [0.1, 0.15) is 42.2 Å². The van der Waals surface area contributed by atoms with Crippen LogP contribution in [-0.4, -0.2) is 51.5 Å². The summed E-state index contributed by atoms with van der Waals surface area (Å²) in [5.74, 6) is -1.46. The summed E-state index contributed by atoms with van der Waals surface area (Å²) in [5.41, 5.74) is -0.0381. The molecule has 0 bridgehead atoms. The minimum absolute atomic E-state index is 0.0734. The van der Waals surface area contributed by atoms with Gasteiger partial charge in [-0.3, -0.25) is 18.9 Å². The summed E-state index contributed by atoms with van der Waals surface area (Å²) >= 11 is 5.08. The van der Waals surface area contributed by atoms with Crippen molar-refractivity contribution < 1.29 is 35.7 Å². The monoisotopic (exact) mass is 543 g/mol. The largest absolute Gasteiger partial charge is 0.462 e. The van der Waals surface area contributed by atoms with Crippen LogP contribution in [0.5, 0.6) is 5.75 Å². The quantitative estimate of drug-likeness (QED) is 0.232. The van der Waals surface area contributed by atoms with E-state index in [-0.39, 0.29) is 10.4 Å². The molecule has 6 atom stereocenters. The van der Waals surface area contributed by atoms with Crippen LogP contribution in [0.2, 0.25) is 0 Å². The summed E-state index contributed by atoms with van der Waals surface area (Å²) in [5, 5.41) is 13.3. The summed E-state index contributed by atoms with van der Waals surface area (Å²) in [4.78, 5) is 27.4. The van der Waals surface area contributed by atoms with Crippen LogP contribution in [0.4, 0.5) is 0 Å². The molecule has 2 aromatic rings. The van der Waals surface area contributed by atoms with Crippen LogP contribution in [0.15, 0.2) is 41.3 Å². The van der Waals surface area contributed by atoms with Gasteiger partial charge in [0.25, 0.3) is 0 Å². The molecule has 2 unspecified atom stereocenters. The van der Waals surface area contributed by atoms with Crippen molar-refractivity contribution in [2.45, 2.75) is 65.2 Å². The van der Waals surface area contributed by atoms with Gasteiger partial charge in [-0.05, 0) is 39.8 Å². The highest BCUT2D eigenvalue weighted by molar-refractivity contribution is 7.71. The van der Waals surface area contributed by atoms with Gasteiger partial charge in [-0.2, -0.15) is 5.09 Å². The van der Waals surface area contributed by atoms with Crippen LogP contribution in [0, 0.1) is 17.5 Å². The van der Waals surface area contributed by atoms with Crippen LogP contribution in [0.3, 0.4) is 0 Å². The van der Waals surface area contributed by atoms with Gasteiger partial charge in [0, 0.05) is 17.7 Å². The van der Waals surface area contributed by atoms with E-state index in [4.69, 9.17) is 33.5 Å². The topological polar surface area (TPSA) is 141 Å². The second kappa shape index (κ2) is 11.8. The predicted octanol–water partition coefficient (Wildman–Crippen LogP) is 3.24. The molecule has 1 aliphatic heterocycles. The Morgan fingerprint density at radius 2 is 2.03 bits per heavy atom. The molecular weight excluding hydrogens is 509 g/mol. The lowest BCUT2D eigenvalue weighted by Gasteiger charge is -2.25. The Morgan fingerprint density at radius 3 is 2.67 bits per heavy atom. The molecule has 0 saturated carbocycles. The Kier molecular flexibility index (Phi) is 8.30. The van der Waals surface area contributed by atoms with Crippen LogP contribution < -0.4 is 15.3 Å². The van der Waals surface area contributed by atoms with E-state index in [1.807, 2.05) is 0 Å². The zero-order chi connectivity index (χ0) is 28.4. The van der Waals surface area contributed by atoms with E-state index in [1.54, 1.807) is 45.9 Å². The third kappa shape index (κ3) is 6.90. The lowest BCUT2D eigenvalue weighted by Crippen LogP contribution is -2.37. The number of aryl methyl sites for hydroxylation is 1. The van der Waals surface area contributed by atoms with Crippen molar-refractivity contribution in [2.24, 2.45) is 5.92 Å². The van der Waals surface area contributed by atoms with Gasteiger partial charge in [-0.15, -0.1) is 0 Å². The van der Waals surface area contributed by atoms with E-state index in [2.05, 4.69) is 10.1 Å². The fourth-order valence-corrected chi connectivity index (χ4v) is 4.93. The third-order valence-electron chi connectivity index (χ3n) is 5.32. The van der Waals surface area contributed by atoms with E-state index in [0.29, 0.717) is 5.56 Å². The number of ether oxygens (including phenoxy) is 2. The number of hydrogen-bond acceptors (Lipinski definition) is 9. The van der Waals surface area contributed by atoms with Gasteiger partial charge in [-0.1, -0.05) is 37.3 Å². The minimum atomic E-state index is -4.64. The summed E-state index contributed by atoms with van der Waals surface area (Å²) in [6.07, 6.45) is -3.26. The van der Waals surface area contributed by atoms with Crippen molar-refractivity contribution in [3.63, 3.8) is 0 Å². The van der Waals surface area contributed by atoms with Gasteiger partial charge in [0.2, 0.25) is 0 Å². The first-order chi connectivity index (χ1) is 17.6. The molecule has 1 fully saturated rings. The number of esters is 1. The maximum Gasteiger partial charge on any atom is 0.459 e. The number of para-hydroxylation sites is 1. The molecule has 13 heteroatoms. The second-order valence-electron chi connectivity index (χ2n) is 8.72. The Balaban J connectivity index is 1.90. The van der Waals surface area contributed by atoms with Crippen LogP contribution >= 0.6 is 20.0 Å². The van der Waals surface area contributed by atoms with Gasteiger partial charge < -0.3 is 19.1 Å². The summed E-state index contributed by atoms with van der Waals surface area (Å²) in [6, 6.07) is 6.63. The number of nitrogens with one attached hydrogen (secondary N) is 2. The summed E-state index contributed by atoms with van der Waals surface area (Å²) < 4.78 is 54.1. The number of aliphatic hydroxyl groups is 1. The molecule has 2 heterocycles. The average Bonchev–Trinajstić information content (AvgIpc) is 3.11. The maximum atomic E-state index is 13.8. The number of nitrogens with zero attached hydrogens (tertiary/aromatic N) is 1. The summed E-state index contributed by atoms with van der Waals surface area (Å²) in [7, 11) is -4.64. The first-order valence-electron chi connectivity index (χ1n) is 12.3. The van der Waals surface area contributed by atoms with Gasteiger partial charge in [0.1, 0.15) is 28.8 Å². The van der Waals surface area contributed by atoms with E-state index in [1.165, 1.54) is 25.3 Å². The van der Waals surface area contributed by atoms with Crippen LogP contribution in [-0.2, 0) is 23.4 Å². The first-order valence-corrected chi connectivity index (χ1v) is 13.3. The van der Waals surface area contributed by atoms with Gasteiger partial charge in [-0.25, -0.2) is 9.36 Å². The highest BCUT2D eigenvalue weighted by Crippen LogP contribution is 2.46. The number of aliphatic hydroxyl groups excluding tert-OH is 1. The SMILES string of the molecule is [2H]C([2H])(OP(=O)(N[C@@H](C)C(=O)OC(C)C)Oc1ccccc1)[C@@H]1O[C@H](n2cc(C)c(=S)[nH]c2=O)[C@H](C)C1O. The number of carbonyl (C=O) groups is 1. The molecule has 1 aromatic heterocycles. The zero-order valence-electron chi connectivity index (χ0n) is 22.5. The number of benzene rings is 1. The van der Waals surface area contributed by atoms with E-state index in [0.717, 1.165) is 4.57 Å². The highest BCUT2D eigenvalue weighted by atomic mass is 32.1. The molecule has 1 saturated heterocycles. The fourth-order valence-electron chi connectivity index (χ4n) is 3.43. The Labute approximate surface area is 217 Å². The normalized spacial score (nSPS) is 25.5.